The van der Waals surface area contributed by atoms with E-state index in [2.05, 4.69) is 25.8 Å². The molecule has 0 aromatic rings. The van der Waals surface area contributed by atoms with E-state index in [9.17, 15) is 0 Å². The number of hydrogen-bond acceptors (Lipinski definition) is 3. The van der Waals surface area contributed by atoms with Gasteiger partial charge in [-0.15, -0.1) is 0 Å². The monoisotopic (exact) mass is 351 g/mol. The molecule has 0 spiro atoms. The van der Waals surface area contributed by atoms with Crippen molar-refractivity contribution in [2.75, 3.05) is 6.61 Å². The minimum absolute atomic E-state index is 0.00443. The number of hydrogen-bond donors (Lipinski definition) is 0. The van der Waals surface area contributed by atoms with Gasteiger partial charge >= 0.3 is 0 Å². The number of rotatable bonds is 15. The average molecular weight is 352 g/mol. The summed E-state index contributed by atoms with van der Waals surface area (Å²) in [4.78, 5) is 4.62. The lowest BCUT2D eigenvalue weighted by Gasteiger charge is -2.07. The summed E-state index contributed by atoms with van der Waals surface area (Å²) in [6, 6.07) is 0. The van der Waals surface area contributed by atoms with Crippen molar-refractivity contribution in [1.82, 2.24) is 0 Å². The molecule has 1 saturated heterocycles. The van der Waals surface area contributed by atoms with Gasteiger partial charge in [0.15, 0.2) is 5.90 Å². The zero-order valence-corrected chi connectivity index (χ0v) is 17.0. The van der Waals surface area contributed by atoms with Crippen molar-refractivity contribution in [2.45, 2.75) is 128 Å². The number of epoxide rings is 1. The van der Waals surface area contributed by atoms with E-state index in [-0.39, 0.29) is 5.54 Å². The van der Waals surface area contributed by atoms with E-state index in [0.717, 1.165) is 18.9 Å². The van der Waals surface area contributed by atoms with Gasteiger partial charge in [-0.1, -0.05) is 71.1 Å². The fraction of sp³-hybridized carbons (Fsp3) is 0.955. The number of aliphatic imine (C=N–C) groups is 1. The lowest BCUT2D eigenvalue weighted by molar-refractivity contribution is 0.273. The largest absolute Gasteiger partial charge is 0.478 e. The molecule has 0 amide bonds. The molecule has 2 unspecified atom stereocenters. The topological polar surface area (TPSA) is 34.1 Å². The van der Waals surface area contributed by atoms with Crippen molar-refractivity contribution >= 4 is 5.90 Å². The van der Waals surface area contributed by atoms with E-state index in [1.54, 1.807) is 0 Å². The number of nitrogens with zero attached hydrogens (tertiary/aromatic N) is 1. The Morgan fingerprint density at radius 3 is 1.96 bits per heavy atom. The molecule has 2 aliphatic heterocycles. The molecule has 2 atom stereocenters. The lowest BCUT2D eigenvalue weighted by atomic mass is 10.0. The highest BCUT2D eigenvalue weighted by Gasteiger charge is 2.37. The van der Waals surface area contributed by atoms with E-state index in [1.807, 2.05) is 0 Å². The van der Waals surface area contributed by atoms with Gasteiger partial charge in [0.05, 0.1) is 17.7 Å². The lowest BCUT2D eigenvalue weighted by Crippen LogP contribution is -2.17. The Morgan fingerprint density at radius 1 is 0.840 bits per heavy atom. The second-order valence-electron chi connectivity index (χ2n) is 8.68. The summed E-state index contributed by atoms with van der Waals surface area (Å²) in [5.74, 6) is 0.966. The van der Waals surface area contributed by atoms with E-state index >= 15 is 0 Å². The summed E-state index contributed by atoms with van der Waals surface area (Å²) in [5.41, 5.74) is -0.00443. The molecule has 0 saturated carbocycles. The van der Waals surface area contributed by atoms with Gasteiger partial charge in [-0.25, -0.2) is 4.99 Å². The maximum atomic E-state index is 5.83. The molecule has 0 radical (unpaired) electrons. The average Bonchev–Trinajstić information content (AvgIpc) is 3.23. The van der Waals surface area contributed by atoms with Crippen LogP contribution in [-0.2, 0) is 9.47 Å². The van der Waals surface area contributed by atoms with Gasteiger partial charge in [-0.05, 0) is 33.1 Å². The summed E-state index contributed by atoms with van der Waals surface area (Å²) in [5, 5.41) is 0. The predicted octanol–water partition coefficient (Wildman–Crippen LogP) is 6.44. The second kappa shape index (κ2) is 11.2. The summed E-state index contributed by atoms with van der Waals surface area (Å²) in [7, 11) is 0. The van der Waals surface area contributed by atoms with Gasteiger partial charge in [0.2, 0.25) is 0 Å². The second-order valence-corrected chi connectivity index (χ2v) is 8.68. The fourth-order valence-electron chi connectivity index (χ4n) is 3.76. The van der Waals surface area contributed by atoms with Crippen LogP contribution in [0, 0.1) is 0 Å². The van der Waals surface area contributed by atoms with Crippen LogP contribution >= 0.6 is 0 Å². The van der Waals surface area contributed by atoms with E-state index in [0.29, 0.717) is 12.2 Å². The van der Waals surface area contributed by atoms with Crippen molar-refractivity contribution in [2.24, 2.45) is 4.99 Å². The third-order valence-corrected chi connectivity index (χ3v) is 5.43. The first-order valence-corrected chi connectivity index (χ1v) is 11.0. The van der Waals surface area contributed by atoms with Crippen molar-refractivity contribution in [3.8, 4) is 0 Å². The maximum absolute atomic E-state index is 5.83. The van der Waals surface area contributed by atoms with Gasteiger partial charge in [-0.3, -0.25) is 0 Å². The predicted molar refractivity (Wildman–Crippen MR) is 106 cm³/mol. The van der Waals surface area contributed by atoms with Gasteiger partial charge in [0.25, 0.3) is 0 Å². The Balaban J connectivity index is 1.34. The number of ether oxygens (including phenoxy) is 2. The molecule has 2 rings (SSSR count). The first-order chi connectivity index (χ1) is 12.1. The van der Waals surface area contributed by atoms with Crippen LogP contribution in [0.2, 0.25) is 0 Å². The summed E-state index contributed by atoms with van der Waals surface area (Å²) >= 11 is 0. The molecule has 0 aromatic heterocycles. The minimum Gasteiger partial charge on any atom is -0.478 e. The summed E-state index contributed by atoms with van der Waals surface area (Å²) in [6.07, 6.45) is 19.7. The zero-order chi connectivity index (χ0) is 18.0. The molecule has 25 heavy (non-hydrogen) atoms. The van der Waals surface area contributed by atoms with Crippen LogP contribution in [0.3, 0.4) is 0 Å². The molecule has 146 valence electrons. The Morgan fingerprint density at radius 2 is 1.40 bits per heavy atom. The molecule has 0 aliphatic carbocycles. The van der Waals surface area contributed by atoms with Crippen LogP contribution in [0.15, 0.2) is 4.99 Å². The number of unbranched alkanes of at least 4 members (excludes halogenated alkanes) is 9. The van der Waals surface area contributed by atoms with Crippen molar-refractivity contribution in [3.05, 3.63) is 0 Å². The normalized spacial score (nSPS) is 24.2. The highest BCUT2D eigenvalue weighted by atomic mass is 16.6. The minimum atomic E-state index is -0.00443. The first kappa shape index (κ1) is 20.7. The zero-order valence-electron chi connectivity index (χ0n) is 17.0. The molecule has 3 nitrogen and oxygen atoms in total. The standard InChI is InChI=1S/C22H41NO2/c1-4-5-6-7-8-9-10-11-12-15-19-20(25-19)16-13-14-17-21-23-22(2,3)18-24-21/h19-20H,4-18H2,1-3H3. The van der Waals surface area contributed by atoms with Crippen LogP contribution in [0.25, 0.3) is 0 Å². The van der Waals surface area contributed by atoms with E-state index < -0.39 is 0 Å². The first-order valence-electron chi connectivity index (χ1n) is 11.0. The third-order valence-electron chi connectivity index (χ3n) is 5.43. The summed E-state index contributed by atoms with van der Waals surface area (Å²) in [6.45, 7) is 7.30. The Bertz CT molecular complexity index is 391. The van der Waals surface area contributed by atoms with Gasteiger partial charge < -0.3 is 9.47 Å². The molecule has 2 aliphatic rings. The quantitative estimate of drug-likeness (QED) is 0.251. The molecular weight excluding hydrogens is 310 g/mol. The molecule has 1 fully saturated rings. The highest BCUT2D eigenvalue weighted by molar-refractivity contribution is 5.78. The SMILES string of the molecule is CCCCCCCCCCCC1OC1CCCCC1=NC(C)(C)CO1. The third kappa shape index (κ3) is 9.08. The van der Waals surface area contributed by atoms with Crippen LogP contribution in [0.1, 0.15) is 111 Å². The van der Waals surface area contributed by atoms with Crippen molar-refractivity contribution in [1.29, 1.82) is 0 Å². The van der Waals surface area contributed by atoms with Gasteiger partial charge in [-0.2, -0.15) is 0 Å². The Labute approximate surface area is 156 Å². The fourth-order valence-corrected chi connectivity index (χ4v) is 3.76. The molecular formula is C22H41NO2. The molecule has 2 heterocycles. The van der Waals surface area contributed by atoms with Crippen LogP contribution in [-0.4, -0.2) is 30.3 Å². The van der Waals surface area contributed by atoms with Crippen molar-refractivity contribution in [3.63, 3.8) is 0 Å². The Hall–Kier alpha value is -0.570. The summed E-state index contributed by atoms with van der Waals surface area (Å²) < 4.78 is 11.5. The van der Waals surface area contributed by atoms with Gasteiger partial charge in [0.1, 0.15) is 6.61 Å². The van der Waals surface area contributed by atoms with Crippen LogP contribution < -0.4 is 0 Å². The highest BCUT2D eigenvalue weighted by Crippen LogP contribution is 2.32. The molecule has 3 heteroatoms. The Kier molecular flexibility index (Phi) is 9.30. The van der Waals surface area contributed by atoms with E-state index in [1.165, 1.54) is 83.5 Å². The van der Waals surface area contributed by atoms with Crippen LogP contribution in [0.4, 0.5) is 0 Å². The molecule has 0 aromatic carbocycles. The molecule has 0 N–H and O–H groups in total. The van der Waals surface area contributed by atoms with Gasteiger partial charge in [0, 0.05) is 6.42 Å². The van der Waals surface area contributed by atoms with Crippen LogP contribution in [0.5, 0.6) is 0 Å². The molecule has 0 bridgehead atoms. The maximum Gasteiger partial charge on any atom is 0.183 e. The van der Waals surface area contributed by atoms with E-state index in [4.69, 9.17) is 9.47 Å². The smallest absolute Gasteiger partial charge is 0.183 e. The van der Waals surface area contributed by atoms with Crippen molar-refractivity contribution < 1.29 is 9.47 Å².